The van der Waals surface area contributed by atoms with E-state index in [1.165, 1.54) is 6.42 Å². The van der Waals surface area contributed by atoms with Gasteiger partial charge in [-0.15, -0.1) is 11.3 Å². The van der Waals surface area contributed by atoms with Gasteiger partial charge in [-0.2, -0.15) is 0 Å². The zero-order valence-corrected chi connectivity index (χ0v) is 14.6. The molecule has 1 saturated heterocycles. The Hall–Kier alpha value is 0.290. The molecule has 1 unspecified atom stereocenters. The van der Waals surface area contributed by atoms with Gasteiger partial charge in [-0.3, -0.25) is 9.69 Å². The van der Waals surface area contributed by atoms with Crippen molar-refractivity contribution in [3.63, 3.8) is 0 Å². The summed E-state index contributed by atoms with van der Waals surface area (Å²) >= 11 is 8.42. The highest BCUT2D eigenvalue weighted by Gasteiger charge is 2.27. The van der Waals surface area contributed by atoms with Crippen LogP contribution >= 0.6 is 43.2 Å². The molecular formula is C13H17Br2NOS. The van der Waals surface area contributed by atoms with Gasteiger partial charge in [-0.1, -0.05) is 13.8 Å². The lowest BCUT2D eigenvalue weighted by atomic mass is 9.95. The van der Waals surface area contributed by atoms with Gasteiger partial charge in [0.25, 0.3) is 0 Å². The van der Waals surface area contributed by atoms with Crippen molar-refractivity contribution in [1.29, 1.82) is 0 Å². The first-order valence-corrected chi connectivity index (χ1v) is 8.58. The Morgan fingerprint density at radius 3 is 2.78 bits per heavy atom. The van der Waals surface area contributed by atoms with Crippen LogP contribution in [0, 0.1) is 11.8 Å². The summed E-state index contributed by atoms with van der Waals surface area (Å²) in [6, 6.07) is 1.91. The standard InChI is InChI=1S/C13H17Br2NOS/c1-8(2)9-3-4-16(6-9)7-11(17)10-5-12(14)18-13(10)15/h5,8-9H,3-4,6-7H2,1-2H3. The zero-order chi connectivity index (χ0) is 13.3. The molecule has 1 aliphatic heterocycles. The molecule has 0 radical (unpaired) electrons. The lowest BCUT2D eigenvalue weighted by molar-refractivity contribution is 0.0941. The number of ketones is 1. The minimum Gasteiger partial charge on any atom is -0.296 e. The van der Waals surface area contributed by atoms with Crippen molar-refractivity contribution in [2.24, 2.45) is 11.8 Å². The highest BCUT2D eigenvalue weighted by atomic mass is 79.9. The third-order valence-corrected chi connectivity index (χ3v) is 5.92. The number of thiophene rings is 1. The number of halogens is 2. The van der Waals surface area contributed by atoms with Crippen molar-refractivity contribution in [3.8, 4) is 0 Å². The number of rotatable bonds is 4. The summed E-state index contributed by atoms with van der Waals surface area (Å²) in [6.07, 6.45) is 1.22. The summed E-state index contributed by atoms with van der Waals surface area (Å²) in [7, 11) is 0. The number of carbonyl (C=O) groups excluding carboxylic acids is 1. The molecule has 1 aromatic rings. The molecule has 0 aliphatic carbocycles. The summed E-state index contributed by atoms with van der Waals surface area (Å²) in [6.45, 7) is 7.19. The van der Waals surface area contributed by atoms with Gasteiger partial charge in [-0.25, -0.2) is 0 Å². The SMILES string of the molecule is CC(C)C1CCN(CC(=O)c2cc(Br)sc2Br)C1. The molecule has 0 aromatic carbocycles. The molecule has 2 heterocycles. The van der Waals surface area contributed by atoms with Crippen LogP contribution in [0.2, 0.25) is 0 Å². The molecule has 1 aliphatic rings. The van der Waals surface area contributed by atoms with Crippen molar-refractivity contribution in [2.45, 2.75) is 20.3 Å². The second-order valence-electron chi connectivity index (χ2n) is 5.19. The van der Waals surface area contributed by atoms with Gasteiger partial charge in [0.2, 0.25) is 0 Å². The maximum Gasteiger partial charge on any atom is 0.178 e. The van der Waals surface area contributed by atoms with Gasteiger partial charge in [0.05, 0.1) is 14.1 Å². The van der Waals surface area contributed by atoms with Crippen molar-refractivity contribution in [2.75, 3.05) is 19.6 Å². The first-order valence-electron chi connectivity index (χ1n) is 6.17. The van der Waals surface area contributed by atoms with Crippen LogP contribution < -0.4 is 0 Å². The van der Waals surface area contributed by atoms with Crippen LogP contribution in [0.25, 0.3) is 0 Å². The minimum absolute atomic E-state index is 0.216. The van der Waals surface area contributed by atoms with E-state index >= 15 is 0 Å². The van der Waals surface area contributed by atoms with Crippen molar-refractivity contribution >= 4 is 49.0 Å². The third kappa shape index (κ3) is 3.44. The van der Waals surface area contributed by atoms with E-state index < -0.39 is 0 Å². The Kier molecular flexibility index (Phi) is 5.03. The molecule has 18 heavy (non-hydrogen) atoms. The van der Waals surface area contributed by atoms with Gasteiger partial charge in [0, 0.05) is 12.1 Å². The van der Waals surface area contributed by atoms with Crippen LogP contribution in [0.5, 0.6) is 0 Å². The van der Waals surface area contributed by atoms with Gasteiger partial charge < -0.3 is 0 Å². The predicted molar refractivity (Wildman–Crippen MR) is 83.4 cm³/mol. The lowest BCUT2D eigenvalue weighted by Gasteiger charge is -2.16. The number of Topliss-reactive ketones (excluding diaryl/α,β-unsaturated/α-hetero) is 1. The first-order chi connectivity index (χ1) is 8.47. The van der Waals surface area contributed by atoms with Crippen molar-refractivity contribution < 1.29 is 4.79 Å². The van der Waals surface area contributed by atoms with Crippen LogP contribution in [0.1, 0.15) is 30.6 Å². The van der Waals surface area contributed by atoms with E-state index in [1.807, 2.05) is 6.07 Å². The molecule has 100 valence electrons. The average Bonchev–Trinajstić information content (AvgIpc) is 2.85. The smallest absolute Gasteiger partial charge is 0.178 e. The molecule has 2 rings (SSSR count). The first kappa shape index (κ1) is 14.7. The van der Waals surface area contributed by atoms with Crippen LogP contribution in [0.15, 0.2) is 13.6 Å². The molecule has 0 spiro atoms. The molecule has 1 atom stereocenters. The molecule has 5 heteroatoms. The molecule has 0 bridgehead atoms. The van der Waals surface area contributed by atoms with Crippen molar-refractivity contribution in [3.05, 3.63) is 19.2 Å². The van der Waals surface area contributed by atoms with Gasteiger partial charge in [0.15, 0.2) is 5.78 Å². The van der Waals surface area contributed by atoms with Gasteiger partial charge in [-0.05, 0) is 62.7 Å². The molecule has 0 N–H and O–H groups in total. The quantitative estimate of drug-likeness (QED) is 0.703. The Bertz CT molecular complexity index is 444. The van der Waals surface area contributed by atoms with E-state index in [9.17, 15) is 4.79 Å². The summed E-state index contributed by atoms with van der Waals surface area (Å²) in [5.41, 5.74) is 0.805. The molecule has 1 fully saturated rings. The number of hydrogen-bond donors (Lipinski definition) is 0. The van der Waals surface area contributed by atoms with E-state index in [2.05, 4.69) is 50.6 Å². The second kappa shape index (κ2) is 6.16. The fourth-order valence-electron chi connectivity index (χ4n) is 2.37. The summed E-state index contributed by atoms with van der Waals surface area (Å²) in [4.78, 5) is 14.5. The average molecular weight is 395 g/mol. The van der Waals surface area contributed by atoms with Crippen LogP contribution in [-0.2, 0) is 0 Å². The normalized spacial score (nSPS) is 20.8. The number of carbonyl (C=O) groups is 1. The largest absolute Gasteiger partial charge is 0.296 e. The van der Waals surface area contributed by atoms with E-state index in [0.29, 0.717) is 12.5 Å². The zero-order valence-electron chi connectivity index (χ0n) is 10.6. The topological polar surface area (TPSA) is 20.3 Å². The molecule has 0 saturated carbocycles. The number of hydrogen-bond acceptors (Lipinski definition) is 3. The van der Waals surface area contributed by atoms with Crippen LogP contribution in [0.4, 0.5) is 0 Å². The molecule has 1 aromatic heterocycles. The summed E-state index contributed by atoms with van der Waals surface area (Å²) < 4.78 is 1.93. The second-order valence-corrected chi connectivity index (χ2v) is 8.94. The number of nitrogens with zero attached hydrogens (tertiary/aromatic N) is 1. The van der Waals surface area contributed by atoms with Gasteiger partial charge >= 0.3 is 0 Å². The maximum absolute atomic E-state index is 12.2. The monoisotopic (exact) mass is 393 g/mol. The predicted octanol–water partition coefficient (Wildman–Crippen LogP) is 4.43. The highest BCUT2D eigenvalue weighted by Crippen LogP contribution is 2.32. The van der Waals surface area contributed by atoms with Gasteiger partial charge in [0.1, 0.15) is 0 Å². The molecule has 0 amide bonds. The highest BCUT2D eigenvalue weighted by molar-refractivity contribution is 9.12. The lowest BCUT2D eigenvalue weighted by Crippen LogP contribution is -2.28. The summed E-state index contributed by atoms with van der Waals surface area (Å²) in [5, 5.41) is 0. The van der Waals surface area contributed by atoms with E-state index in [0.717, 1.165) is 32.1 Å². The third-order valence-electron chi connectivity index (χ3n) is 3.58. The summed E-state index contributed by atoms with van der Waals surface area (Å²) in [5.74, 6) is 1.68. The Morgan fingerprint density at radius 1 is 1.56 bits per heavy atom. The van der Waals surface area contributed by atoms with Crippen LogP contribution in [0.3, 0.4) is 0 Å². The van der Waals surface area contributed by atoms with Crippen LogP contribution in [-0.4, -0.2) is 30.3 Å². The minimum atomic E-state index is 0.216. The maximum atomic E-state index is 12.2. The fourth-order valence-corrected chi connectivity index (χ4v) is 5.22. The Labute approximate surface area is 129 Å². The van der Waals surface area contributed by atoms with E-state index in [-0.39, 0.29) is 5.78 Å². The van der Waals surface area contributed by atoms with Crippen molar-refractivity contribution in [1.82, 2.24) is 4.90 Å². The Morgan fingerprint density at radius 2 is 2.28 bits per heavy atom. The van der Waals surface area contributed by atoms with E-state index in [4.69, 9.17) is 0 Å². The fraction of sp³-hybridized carbons (Fsp3) is 0.615. The van der Waals surface area contributed by atoms with E-state index in [1.54, 1.807) is 11.3 Å². The Balaban J connectivity index is 1.95. The number of likely N-dealkylation sites (tertiary alicyclic amines) is 1. The molecular weight excluding hydrogens is 378 g/mol. The molecule has 2 nitrogen and oxygen atoms in total.